The van der Waals surface area contributed by atoms with Crippen molar-refractivity contribution >= 4 is 5.78 Å². The Bertz CT molecular complexity index is 592. The molecule has 0 unspecified atom stereocenters. The largest absolute Gasteiger partial charge is 0.493 e. The average Bonchev–Trinajstić information content (AvgIpc) is 2.81. The van der Waals surface area contributed by atoms with E-state index in [0.29, 0.717) is 28.5 Å². The van der Waals surface area contributed by atoms with Crippen LogP contribution in [0.1, 0.15) is 28.7 Å². The van der Waals surface area contributed by atoms with E-state index >= 15 is 0 Å². The Hall–Kier alpha value is -2.37. The third kappa shape index (κ3) is 2.90. The van der Waals surface area contributed by atoms with Crippen molar-refractivity contribution in [1.82, 2.24) is 10.3 Å². The molecular formula is C13H14N2O4. The molecular weight excluding hydrogens is 248 g/mol. The quantitative estimate of drug-likeness (QED) is 0.769. The van der Waals surface area contributed by atoms with Crippen LogP contribution in [0.3, 0.4) is 0 Å². The van der Waals surface area contributed by atoms with Gasteiger partial charge in [0.15, 0.2) is 17.3 Å². The SMILES string of the molecule is COc1cc(C(C)=O)ccc1OCc1nonc1C. The van der Waals surface area contributed by atoms with Crippen LogP contribution in [0, 0.1) is 6.92 Å². The highest BCUT2D eigenvalue weighted by atomic mass is 16.6. The fraction of sp³-hybridized carbons (Fsp3) is 0.308. The molecule has 0 spiro atoms. The van der Waals surface area contributed by atoms with Gasteiger partial charge in [0, 0.05) is 5.56 Å². The van der Waals surface area contributed by atoms with Crippen molar-refractivity contribution in [1.29, 1.82) is 0 Å². The lowest BCUT2D eigenvalue weighted by molar-refractivity contribution is 0.101. The molecule has 0 aliphatic rings. The van der Waals surface area contributed by atoms with E-state index in [1.165, 1.54) is 14.0 Å². The van der Waals surface area contributed by atoms with Crippen LogP contribution < -0.4 is 9.47 Å². The molecule has 0 N–H and O–H groups in total. The minimum Gasteiger partial charge on any atom is -0.493 e. The molecule has 6 nitrogen and oxygen atoms in total. The summed E-state index contributed by atoms with van der Waals surface area (Å²) in [4.78, 5) is 11.3. The van der Waals surface area contributed by atoms with Gasteiger partial charge in [0.2, 0.25) is 0 Å². The molecule has 6 heteroatoms. The first-order valence-corrected chi connectivity index (χ1v) is 5.71. The molecule has 0 saturated heterocycles. The van der Waals surface area contributed by atoms with Crippen molar-refractivity contribution in [3.05, 3.63) is 35.2 Å². The highest BCUT2D eigenvalue weighted by molar-refractivity contribution is 5.94. The number of carbonyl (C=O) groups is 1. The summed E-state index contributed by atoms with van der Waals surface area (Å²) in [5.41, 5.74) is 1.88. The van der Waals surface area contributed by atoms with Crippen LogP contribution in [0.5, 0.6) is 11.5 Å². The second-order valence-corrected chi connectivity index (χ2v) is 4.01. The van der Waals surface area contributed by atoms with Gasteiger partial charge in [0.1, 0.15) is 18.0 Å². The van der Waals surface area contributed by atoms with E-state index < -0.39 is 0 Å². The first-order valence-electron chi connectivity index (χ1n) is 5.71. The Morgan fingerprint density at radius 2 is 2.11 bits per heavy atom. The van der Waals surface area contributed by atoms with E-state index in [1.54, 1.807) is 25.1 Å². The fourth-order valence-electron chi connectivity index (χ4n) is 1.53. The van der Waals surface area contributed by atoms with Crippen LogP contribution in [0.25, 0.3) is 0 Å². The highest BCUT2D eigenvalue weighted by Gasteiger charge is 2.11. The van der Waals surface area contributed by atoms with Crippen LogP contribution in [0.4, 0.5) is 0 Å². The van der Waals surface area contributed by atoms with Gasteiger partial charge in [-0.1, -0.05) is 10.3 Å². The molecule has 0 saturated carbocycles. The summed E-state index contributed by atoms with van der Waals surface area (Å²) in [6.45, 7) is 3.51. The van der Waals surface area contributed by atoms with Gasteiger partial charge in [0.25, 0.3) is 0 Å². The van der Waals surface area contributed by atoms with E-state index in [0.717, 1.165) is 0 Å². The lowest BCUT2D eigenvalue weighted by Crippen LogP contribution is -2.01. The van der Waals surface area contributed by atoms with Crippen molar-refractivity contribution in [2.24, 2.45) is 0 Å². The molecule has 0 atom stereocenters. The van der Waals surface area contributed by atoms with Gasteiger partial charge < -0.3 is 9.47 Å². The minimum atomic E-state index is -0.0265. The number of nitrogens with zero attached hydrogens (tertiary/aromatic N) is 2. The van der Waals surface area contributed by atoms with E-state index in [2.05, 4.69) is 14.9 Å². The number of aryl methyl sites for hydroxylation is 1. The summed E-state index contributed by atoms with van der Waals surface area (Å²) in [6.07, 6.45) is 0. The topological polar surface area (TPSA) is 74.5 Å². The Morgan fingerprint density at radius 1 is 1.32 bits per heavy atom. The second kappa shape index (κ2) is 5.51. The molecule has 0 radical (unpaired) electrons. The first-order chi connectivity index (χ1) is 9.11. The second-order valence-electron chi connectivity index (χ2n) is 4.01. The summed E-state index contributed by atoms with van der Waals surface area (Å²) in [5.74, 6) is 1.01. The summed E-state index contributed by atoms with van der Waals surface area (Å²) >= 11 is 0. The number of carbonyl (C=O) groups excluding carboxylic acids is 1. The lowest BCUT2D eigenvalue weighted by Gasteiger charge is -2.10. The van der Waals surface area contributed by atoms with Crippen molar-refractivity contribution in [2.75, 3.05) is 7.11 Å². The number of benzene rings is 1. The summed E-state index contributed by atoms with van der Waals surface area (Å²) in [7, 11) is 1.52. The van der Waals surface area contributed by atoms with Crippen molar-refractivity contribution in [3.8, 4) is 11.5 Å². The van der Waals surface area contributed by atoms with E-state index in [4.69, 9.17) is 9.47 Å². The molecule has 2 aromatic rings. The van der Waals surface area contributed by atoms with Crippen molar-refractivity contribution in [3.63, 3.8) is 0 Å². The zero-order chi connectivity index (χ0) is 13.8. The third-order valence-corrected chi connectivity index (χ3v) is 2.68. The van der Waals surface area contributed by atoms with Crippen LogP contribution >= 0.6 is 0 Å². The molecule has 2 rings (SSSR count). The number of ether oxygens (including phenoxy) is 2. The maximum atomic E-state index is 11.3. The van der Waals surface area contributed by atoms with Gasteiger partial charge in [-0.3, -0.25) is 4.79 Å². The van der Waals surface area contributed by atoms with Gasteiger partial charge >= 0.3 is 0 Å². The lowest BCUT2D eigenvalue weighted by atomic mass is 10.1. The molecule has 0 aliphatic heterocycles. The highest BCUT2D eigenvalue weighted by Crippen LogP contribution is 2.29. The minimum absolute atomic E-state index is 0.0265. The number of hydrogen-bond donors (Lipinski definition) is 0. The first kappa shape index (κ1) is 13.1. The fourth-order valence-corrected chi connectivity index (χ4v) is 1.53. The van der Waals surface area contributed by atoms with E-state index in [1.807, 2.05) is 0 Å². The molecule has 1 heterocycles. The average molecular weight is 262 g/mol. The van der Waals surface area contributed by atoms with E-state index in [-0.39, 0.29) is 12.4 Å². The number of rotatable bonds is 5. The molecule has 19 heavy (non-hydrogen) atoms. The molecule has 100 valence electrons. The predicted octanol–water partition coefficient (Wildman–Crippen LogP) is 2.17. The van der Waals surface area contributed by atoms with Crippen LogP contribution in [-0.2, 0) is 6.61 Å². The number of Topliss-reactive ketones (excluding diaryl/α,β-unsaturated/α-hetero) is 1. The Balaban J connectivity index is 2.16. The van der Waals surface area contributed by atoms with Crippen LogP contribution in [0.2, 0.25) is 0 Å². The summed E-state index contributed by atoms with van der Waals surface area (Å²) in [5, 5.41) is 7.39. The number of methoxy groups -OCH3 is 1. The zero-order valence-electron chi connectivity index (χ0n) is 11.0. The molecule has 0 fully saturated rings. The Morgan fingerprint density at radius 3 is 2.68 bits per heavy atom. The Kier molecular flexibility index (Phi) is 3.79. The van der Waals surface area contributed by atoms with Crippen LogP contribution in [-0.4, -0.2) is 23.2 Å². The normalized spacial score (nSPS) is 10.3. The summed E-state index contributed by atoms with van der Waals surface area (Å²) < 4.78 is 15.4. The maximum absolute atomic E-state index is 11.3. The Labute approximate surface area is 110 Å². The number of ketones is 1. The van der Waals surface area contributed by atoms with E-state index in [9.17, 15) is 4.79 Å². The van der Waals surface area contributed by atoms with Gasteiger partial charge in [-0.2, -0.15) is 0 Å². The molecule has 1 aromatic carbocycles. The van der Waals surface area contributed by atoms with Gasteiger partial charge in [-0.25, -0.2) is 4.63 Å². The maximum Gasteiger partial charge on any atom is 0.161 e. The number of aromatic nitrogens is 2. The standard InChI is InChI=1S/C13H14N2O4/c1-8-11(15-19-14-8)7-18-12-5-4-10(9(2)16)6-13(12)17-3/h4-6H,7H2,1-3H3. The van der Waals surface area contributed by atoms with Gasteiger partial charge in [0.05, 0.1) is 7.11 Å². The smallest absolute Gasteiger partial charge is 0.161 e. The molecule has 0 amide bonds. The zero-order valence-corrected chi connectivity index (χ0v) is 11.0. The van der Waals surface area contributed by atoms with Gasteiger partial charge in [-0.05, 0) is 32.0 Å². The molecule has 1 aromatic heterocycles. The predicted molar refractivity (Wildman–Crippen MR) is 66.4 cm³/mol. The molecule has 0 bridgehead atoms. The van der Waals surface area contributed by atoms with Crippen molar-refractivity contribution < 1.29 is 18.9 Å². The monoisotopic (exact) mass is 262 g/mol. The third-order valence-electron chi connectivity index (χ3n) is 2.68. The summed E-state index contributed by atoms with van der Waals surface area (Å²) in [6, 6.07) is 5.03. The number of hydrogen-bond acceptors (Lipinski definition) is 6. The van der Waals surface area contributed by atoms with Gasteiger partial charge in [-0.15, -0.1) is 0 Å². The van der Waals surface area contributed by atoms with Crippen molar-refractivity contribution in [2.45, 2.75) is 20.5 Å². The van der Waals surface area contributed by atoms with Crippen LogP contribution in [0.15, 0.2) is 22.8 Å². The molecule has 0 aliphatic carbocycles.